The molecular weight excluding hydrogens is 300 g/mol. The van der Waals surface area contributed by atoms with Crippen molar-refractivity contribution in [1.29, 1.82) is 0 Å². The van der Waals surface area contributed by atoms with Gasteiger partial charge in [0.25, 0.3) is 0 Å². The quantitative estimate of drug-likeness (QED) is 0.787. The fourth-order valence-corrected chi connectivity index (χ4v) is 2.27. The minimum Gasteiger partial charge on any atom is -0.494 e. The SMILES string of the molecule is COc1cc2c(cc1F)nc(N)n2-c1ccc(Cl)c(F)c1. The number of ether oxygens (including phenoxy) is 1. The Morgan fingerprint density at radius 1 is 1.19 bits per heavy atom. The van der Waals surface area contributed by atoms with E-state index in [1.807, 2.05) is 0 Å². The molecule has 1 aromatic heterocycles. The Balaban J connectivity index is 2.30. The van der Waals surface area contributed by atoms with Crippen LogP contribution in [0.5, 0.6) is 5.75 Å². The van der Waals surface area contributed by atoms with E-state index in [0.717, 1.165) is 0 Å². The molecule has 21 heavy (non-hydrogen) atoms. The molecule has 0 amide bonds. The van der Waals surface area contributed by atoms with Crippen molar-refractivity contribution >= 4 is 28.6 Å². The van der Waals surface area contributed by atoms with Gasteiger partial charge in [-0.3, -0.25) is 4.57 Å². The number of benzene rings is 2. The molecule has 0 saturated carbocycles. The van der Waals surface area contributed by atoms with Crippen molar-refractivity contribution in [2.24, 2.45) is 0 Å². The van der Waals surface area contributed by atoms with Crippen molar-refractivity contribution in [2.75, 3.05) is 12.8 Å². The lowest BCUT2D eigenvalue weighted by Crippen LogP contribution is -2.01. The van der Waals surface area contributed by atoms with Crippen molar-refractivity contribution < 1.29 is 13.5 Å². The zero-order valence-electron chi connectivity index (χ0n) is 10.9. The summed E-state index contributed by atoms with van der Waals surface area (Å²) in [4.78, 5) is 4.07. The summed E-state index contributed by atoms with van der Waals surface area (Å²) in [6, 6.07) is 6.92. The third-order valence-corrected chi connectivity index (χ3v) is 3.42. The average molecular weight is 310 g/mol. The Kier molecular flexibility index (Phi) is 3.17. The highest BCUT2D eigenvalue weighted by molar-refractivity contribution is 6.30. The molecule has 0 unspecified atom stereocenters. The summed E-state index contributed by atoms with van der Waals surface area (Å²) in [5, 5.41) is 0.00497. The number of hydrogen-bond acceptors (Lipinski definition) is 3. The number of anilines is 1. The highest BCUT2D eigenvalue weighted by Crippen LogP contribution is 2.29. The maximum absolute atomic E-state index is 13.7. The molecule has 0 aliphatic heterocycles. The first-order valence-corrected chi connectivity index (χ1v) is 6.36. The molecule has 2 aromatic carbocycles. The number of aromatic nitrogens is 2. The van der Waals surface area contributed by atoms with E-state index in [0.29, 0.717) is 16.7 Å². The van der Waals surface area contributed by atoms with E-state index in [1.54, 1.807) is 6.07 Å². The molecule has 0 radical (unpaired) electrons. The van der Waals surface area contributed by atoms with E-state index in [-0.39, 0.29) is 16.7 Å². The molecule has 0 fully saturated rings. The molecule has 108 valence electrons. The minimum absolute atomic E-state index is 0.00497. The fourth-order valence-electron chi connectivity index (χ4n) is 2.15. The molecule has 2 N–H and O–H groups in total. The normalized spacial score (nSPS) is 11.0. The highest BCUT2D eigenvalue weighted by atomic mass is 35.5. The van der Waals surface area contributed by atoms with Crippen molar-refractivity contribution in [1.82, 2.24) is 9.55 Å². The second kappa shape index (κ2) is 4.89. The van der Waals surface area contributed by atoms with Gasteiger partial charge in [0.1, 0.15) is 5.82 Å². The lowest BCUT2D eigenvalue weighted by atomic mass is 10.2. The van der Waals surface area contributed by atoms with Crippen molar-refractivity contribution in [2.45, 2.75) is 0 Å². The topological polar surface area (TPSA) is 53.1 Å². The maximum Gasteiger partial charge on any atom is 0.205 e. The van der Waals surface area contributed by atoms with Crippen LogP contribution >= 0.6 is 11.6 Å². The van der Waals surface area contributed by atoms with Crippen LogP contribution in [0.15, 0.2) is 30.3 Å². The number of imidazole rings is 1. The van der Waals surface area contributed by atoms with Gasteiger partial charge in [0.2, 0.25) is 5.95 Å². The summed E-state index contributed by atoms with van der Waals surface area (Å²) >= 11 is 5.67. The van der Waals surface area contributed by atoms with Crippen LogP contribution in [-0.4, -0.2) is 16.7 Å². The van der Waals surface area contributed by atoms with Crippen LogP contribution in [-0.2, 0) is 0 Å². The molecule has 0 spiro atoms. The Labute approximate surface area is 123 Å². The van der Waals surface area contributed by atoms with Gasteiger partial charge in [0.15, 0.2) is 11.6 Å². The van der Waals surface area contributed by atoms with E-state index < -0.39 is 11.6 Å². The molecular formula is C14H10ClF2N3O. The summed E-state index contributed by atoms with van der Waals surface area (Å²) < 4.78 is 33.7. The average Bonchev–Trinajstić information content (AvgIpc) is 2.76. The van der Waals surface area contributed by atoms with Gasteiger partial charge < -0.3 is 10.5 Å². The smallest absolute Gasteiger partial charge is 0.205 e. The Bertz CT molecular complexity index is 848. The number of hydrogen-bond donors (Lipinski definition) is 1. The molecule has 0 aliphatic carbocycles. The van der Waals surface area contributed by atoms with Crippen LogP contribution in [0.2, 0.25) is 5.02 Å². The van der Waals surface area contributed by atoms with Gasteiger partial charge in [0.05, 0.1) is 28.9 Å². The van der Waals surface area contributed by atoms with E-state index in [9.17, 15) is 8.78 Å². The van der Waals surface area contributed by atoms with E-state index in [4.69, 9.17) is 22.1 Å². The maximum atomic E-state index is 13.7. The Morgan fingerprint density at radius 3 is 2.62 bits per heavy atom. The predicted molar refractivity (Wildman–Crippen MR) is 77.0 cm³/mol. The van der Waals surface area contributed by atoms with Crippen LogP contribution in [0.25, 0.3) is 16.7 Å². The van der Waals surface area contributed by atoms with E-state index >= 15 is 0 Å². The first-order chi connectivity index (χ1) is 10.0. The summed E-state index contributed by atoms with van der Waals surface area (Å²) in [7, 11) is 1.36. The summed E-state index contributed by atoms with van der Waals surface area (Å²) in [6.45, 7) is 0. The molecule has 0 atom stereocenters. The van der Waals surface area contributed by atoms with Gasteiger partial charge >= 0.3 is 0 Å². The van der Waals surface area contributed by atoms with Gasteiger partial charge in [-0.15, -0.1) is 0 Å². The zero-order valence-corrected chi connectivity index (χ0v) is 11.7. The molecule has 3 aromatic rings. The van der Waals surface area contributed by atoms with Crippen LogP contribution in [0.3, 0.4) is 0 Å². The molecule has 3 rings (SSSR count). The van der Waals surface area contributed by atoms with Crippen LogP contribution in [0.1, 0.15) is 0 Å². The number of methoxy groups -OCH3 is 1. The predicted octanol–water partition coefficient (Wildman–Crippen LogP) is 3.55. The summed E-state index contributed by atoms with van der Waals surface area (Å²) in [5.41, 5.74) is 7.14. The first kappa shape index (κ1) is 13.6. The first-order valence-electron chi connectivity index (χ1n) is 5.98. The van der Waals surface area contributed by atoms with Gasteiger partial charge in [-0.25, -0.2) is 13.8 Å². The third-order valence-electron chi connectivity index (χ3n) is 3.12. The van der Waals surface area contributed by atoms with Gasteiger partial charge in [0, 0.05) is 12.1 Å². The summed E-state index contributed by atoms with van der Waals surface area (Å²) in [5.74, 6) is -0.959. The molecule has 0 aliphatic rings. The van der Waals surface area contributed by atoms with Gasteiger partial charge in [-0.05, 0) is 18.2 Å². The molecule has 0 bridgehead atoms. The lowest BCUT2D eigenvalue weighted by molar-refractivity contribution is 0.387. The number of rotatable bonds is 2. The number of nitrogens with zero attached hydrogens (tertiary/aromatic N) is 2. The summed E-state index contributed by atoms with van der Waals surface area (Å²) in [6.07, 6.45) is 0. The molecule has 4 nitrogen and oxygen atoms in total. The second-order valence-corrected chi connectivity index (χ2v) is 4.79. The fraction of sp³-hybridized carbons (Fsp3) is 0.0714. The standard InChI is InChI=1S/C14H10ClF2N3O/c1-21-13-6-12-11(5-10(13)17)19-14(18)20(12)7-2-3-8(15)9(16)4-7/h2-6H,1H3,(H2,18,19). The number of halogens is 3. The number of nitrogen functional groups attached to an aromatic ring is 1. The number of fused-ring (bicyclic) bond motifs is 1. The minimum atomic E-state index is -0.579. The van der Waals surface area contributed by atoms with Gasteiger partial charge in [-0.1, -0.05) is 11.6 Å². The van der Waals surface area contributed by atoms with E-state index in [1.165, 1.54) is 35.9 Å². The largest absolute Gasteiger partial charge is 0.494 e. The van der Waals surface area contributed by atoms with Crippen LogP contribution < -0.4 is 10.5 Å². The van der Waals surface area contributed by atoms with Crippen molar-refractivity contribution in [3.63, 3.8) is 0 Å². The van der Waals surface area contributed by atoms with Crippen LogP contribution in [0.4, 0.5) is 14.7 Å². The lowest BCUT2D eigenvalue weighted by Gasteiger charge is -2.08. The molecule has 0 saturated heterocycles. The van der Waals surface area contributed by atoms with E-state index in [2.05, 4.69) is 4.98 Å². The van der Waals surface area contributed by atoms with Gasteiger partial charge in [-0.2, -0.15) is 0 Å². The molecule has 1 heterocycles. The Hall–Kier alpha value is -2.34. The zero-order chi connectivity index (χ0) is 15.1. The monoisotopic (exact) mass is 309 g/mol. The highest BCUT2D eigenvalue weighted by Gasteiger charge is 2.15. The molecule has 7 heteroatoms. The number of nitrogens with two attached hydrogens (primary N) is 1. The Morgan fingerprint density at radius 2 is 1.95 bits per heavy atom. The van der Waals surface area contributed by atoms with Crippen LogP contribution in [0, 0.1) is 11.6 Å². The van der Waals surface area contributed by atoms with Crippen molar-refractivity contribution in [3.05, 3.63) is 47.0 Å². The second-order valence-electron chi connectivity index (χ2n) is 4.38. The van der Waals surface area contributed by atoms with Crippen molar-refractivity contribution in [3.8, 4) is 11.4 Å². The third kappa shape index (κ3) is 2.17.